The molecule has 1 aliphatic heterocycles. The number of hydrogen-bond acceptors (Lipinski definition) is 2. The van der Waals surface area contributed by atoms with Crippen molar-refractivity contribution >= 4 is 11.6 Å². The minimum Gasteiger partial charge on any atom is -0.378 e. The van der Waals surface area contributed by atoms with E-state index >= 15 is 0 Å². The van der Waals surface area contributed by atoms with E-state index in [0.717, 1.165) is 30.0 Å². The van der Waals surface area contributed by atoms with Crippen molar-refractivity contribution in [1.82, 2.24) is 0 Å². The van der Waals surface area contributed by atoms with Gasteiger partial charge in [0.15, 0.2) is 0 Å². The van der Waals surface area contributed by atoms with Gasteiger partial charge < -0.3 is 10.5 Å². The first-order valence-electron chi connectivity index (χ1n) is 5.88. The minimum absolute atomic E-state index is 0.0986. The third kappa shape index (κ3) is 3.21. The highest BCUT2D eigenvalue weighted by molar-refractivity contribution is 6.30. The highest BCUT2D eigenvalue weighted by Gasteiger charge is 2.16. The fourth-order valence-corrected chi connectivity index (χ4v) is 2.24. The Morgan fingerprint density at radius 2 is 2.12 bits per heavy atom. The molecule has 0 bridgehead atoms. The maximum Gasteiger partial charge on any atom is 0.0576 e. The molecule has 0 amide bonds. The van der Waals surface area contributed by atoms with Gasteiger partial charge in [0, 0.05) is 17.7 Å². The Morgan fingerprint density at radius 1 is 1.38 bits per heavy atom. The Kier molecular flexibility index (Phi) is 4.22. The molecular weight excluding hydrogens is 222 g/mol. The van der Waals surface area contributed by atoms with E-state index in [1.54, 1.807) is 0 Å². The van der Waals surface area contributed by atoms with E-state index < -0.39 is 0 Å². The van der Waals surface area contributed by atoms with E-state index in [2.05, 4.69) is 0 Å². The Balaban J connectivity index is 1.82. The number of benzene rings is 1. The van der Waals surface area contributed by atoms with E-state index in [-0.39, 0.29) is 6.04 Å². The van der Waals surface area contributed by atoms with Gasteiger partial charge >= 0.3 is 0 Å². The van der Waals surface area contributed by atoms with Gasteiger partial charge in [-0.25, -0.2) is 0 Å². The van der Waals surface area contributed by atoms with Crippen molar-refractivity contribution in [1.29, 1.82) is 0 Å². The first kappa shape index (κ1) is 11.9. The van der Waals surface area contributed by atoms with Crippen molar-refractivity contribution < 1.29 is 4.74 Å². The van der Waals surface area contributed by atoms with Crippen LogP contribution in [0.3, 0.4) is 0 Å². The molecule has 2 nitrogen and oxygen atoms in total. The van der Waals surface area contributed by atoms with Crippen molar-refractivity contribution in [3.05, 3.63) is 34.9 Å². The van der Waals surface area contributed by atoms with E-state index in [4.69, 9.17) is 22.1 Å². The van der Waals surface area contributed by atoms with E-state index in [1.165, 1.54) is 12.8 Å². The van der Waals surface area contributed by atoms with Crippen LogP contribution in [-0.4, -0.2) is 12.7 Å². The average molecular weight is 240 g/mol. The number of ether oxygens (including phenoxy) is 1. The van der Waals surface area contributed by atoms with Gasteiger partial charge in [-0.05, 0) is 43.4 Å². The molecule has 1 aromatic carbocycles. The van der Waals surface area contributed by atoms with Gasteiger partial charge in [-0.2, -0.15) is 0 Å². The van der Waals surface area contributed by atoms with E-state index in [9.17, 15) is 0 Å². The number of rotatable bonds is 4. The SMILES string of the molecule is NC(CCC1CCCO1)c1ccc(Cl)cc1. The standard InChI is InChI=1S/C13H18ClNO/c14-11-5-3-10(4-6-11)13(15)8-7-12-2-1-9-16-12/h3-6,12-13H,1-2,7-9,15H2. The monoisotopic (exact) mass is 239 g/mol. The van der Waals surface area contributed by atoms with Crippen LogP contribution in [0, 0.1) is 0 Å². The summed E-state index contributed by atoms with van der Waals surface area (Å²) in [6.07, 6.45) is 4.85. The smallest absolute Gasteiger partial charge is 0.0576 e. The van der Waals surface area contributed by atoms with Crippen molar-refractivity contribution in [2.24, 2.45) is 5.73 Å². The molecular formula is C13H18ClNO. The van der Waals surface area contributed by atoms with Crippen LogP contribution in [0.4, 0.5) is 0 Å². The zero-order valence-electron chi connectivity index (χ0n) is 9.36. The molecule has 16 heavy (non-hydrogen) atoms. The topological polar surface area (TPSA) is 35.2 Å². The molecule has 88 valence electrons. The fraction of sp³-hybridized carbons (Fsp3) is 0.538. The lowest BCUT2D eigenvalue weighted by Gasteiger charge is -2.15. The van der Waals surface area contributed by atoms with Gasteiger partial charge in [-0.1, -0.05) is 23.7 Å². The zero-order valence-corrected chi connectivity index (χ0v) is 10.1. The Morgan fingerprint density at radius 3 is 2.75 bits per heavy atom. The maximum atomic E-state index is 6.12. The van der Waals surface area contributed by atoms with Gasteiger partial charge in [-0.3, -0.25) is 0 Å². The summed E-state index contributed by atoms with van der Waals surface area (Å²) >= 11 is 5.84. The van der Waals surface area contributed by atoms with Crippen LogP contribution < -0.4 is 5.73 Å². The van der Waals surface area contributed by atoms with Crippen molar-refractivity contribution in [2.45, 2.75) is 37.8 Å². The molecule has 2 atom stereocenters. The summed E-state index contributed by atoms with van der Waals surface area (Å²) in [5.41, 5.74) is 7.28. The molecule has 3 heteroatoms. The number of nitrogens with two attached hydrogens (primary N) is 1. The van der Waals surface area contributed by atoms with Crippen LogP contribution in [0.1, 0.15) is 37.3 Å². The Hall–Kier alpha value is -0.570. The quantitative estimate of drug-likeness (QED) is 0.875. The molecule has 0 aromatic heterocycles. The Bertz CT molecular complexity index is 319. The zero-order chi connectivity index (χ0) is 11.4. The fourth-order valence-electron chi connectivity index (χ4n) is 2.11. The largest absolute Gasteiger partial charge is 0.378 e. The summed E-state index contributed by atoms with van der Waals surface area (Å²) < 4.78 is 5.58. The Labute approximate surface area is 102 Å². The highest BCUT2D eigenvalue weighted by atomic mass is 35.5. The van der Waals surface area contributed by atoms with E-state index in [0.29, 0.717) is 6.10 Å². The number of hydrogen-bond donors (Lipinski definition) is 1. The molecule has 1 aromatic rings. The second-order valence-electron chi connectivity index (χ2n) is 4.37. The molecule has 0 aliphatic carbocycles. The highest BCUT2D eigenvalue weighted by Crippen LogP contribution is 2.23. The van der Waals surface area contributed by atoms with Crippen LogP contribution in [0.5, 0.6) is 0 Å². The van der Waals surface area contributed by atoms with Crippen LogP contribution in [0.2, 0.25) is 5.02 Å². The van der Waals surface area contributed by atoms with Gasteiger partial charge in [0.1, 0.15) is 0 Å². The van der Waals surface area contributed by atoms with Gasteiger partial charge in [-0.15, -0.1) is 0 Å². The normalized spacial score (nSPS) is 22.2. The maximum absolute atomic E-state index is 6.12. The first-order valence-corrected chi connectivity index (χ1v) is 6.26. The molecule has 2 rings (SSSR count). The summed E-state index contributed by atoms with van der Waals surface area (Å²) in [7, 11) is 0. The lowest BCUT2D eigenvalue weighted by Crippen LogP contribution is -2.14. The third-order valence-electron chi connectivity index (χ3n) is 3.12. The van der Waals surface area contributed by atoms with Crippen LogP contribution in [-0.2, 0) is 4.74 Å². The van der Waals surface area contributed by atoms with Crippen molar-refractivity contribution in [3.63, 3.8) is 0 Å². The van der Waals surface area contributed by atoms with Gasteiger partial charge in [0.2, 0.25) is 0 Å². The molecule has 2 unspecified atom stereocenters. The molecule has 1 fully saturated rings. The molecule has 0 spiro atoms. The molecule has 0 saturated carbocycles. The molecule has 1 heterocycles. The summed E-state index contributed by atoms with van der Waals surface area (Å²) in [5, 5.41) is 0.759. The van der Waals surface area contributed by atoms with E-state index in [1.807, 2.05) is 24.3 Å². The predicted octanol–water partition coefficient (Wildman–Crippen LogP) is 3.30. The van der Waals surface area contributed by atoms with Crippen LogP contribution in [0.15, 0.2) is 24.3 Å². The lowest BCUT2D eigenvalue weighted by atomic mass is 10.0. The molecule has 1 aliphatic rings. The minimum atomic E-state index is 0.0986. The van der Waals surface area contributed by atoms with Crippen LogP contribution in [0.25, 0.3) is 0 Å². The summed E-state index contributed by atoms with van der Waals surface area (Å²) in [4.78, 5) is 0. The van der Waals surface area contributed by atoms with Crippen molar-refractivity contribution in [3.8, 4) is 0 Å². The summed E-state index contributed by atoms with van der Waals surface area (Å²) in [6.45, 7) is 0.918. The molecule has 2 N–H and O–H groups in total. The summed E-state index contributed by atoms with van der Waals surface area (Å²) in [5.74, 6) is 0. The molecule has 0 radical (unpaired) electrons. The third-order valence-corrected chi connectivity index (χ3v) is 3.37. The number of halogens is 1. The first-order chi connectivity index (χ1) is 7.75. The molecule has 1 saturated heterocycles. The van der Waals surface area contributed by atoms with Crippen LogP contribution >= 0.6 is 11.6 Å². The lowest BCUT2D eigenvalue weighted by molar-refractivity contribution is 0.101. The van der Waals surface area contributed by atoms with Gasteiger partial charge in [0.05, 0.1) is 6.10 Å². The summed E-state index contributed by atoms with van der Waals surface area (Å²) in [6, 6.07) is 7.89. The second kappa shape index (κ2) is 5.67. The van der Waals surface area contributed by atoms with Gasteiger partial charge in [0.25, 0.3) is 0 Å². The average Bonchev–Trinajstić information content (AvgIpc) is 2.80. The predicted molar refractivity (Wildman–Crippen MR) is 66.6 cm³/mol. The second-order valence-corrected chi connectivity index (χ2v) is 4.81. The van der Waals surface area contributed by atoms with Crippen molar-refractivity contribution in [2.75, 3.05) is 6.61 Å².